The van der Waals surface area contributed by atoms with Gasteiger partial charge in [-0.25, -0.2) is 9.18 Å². The van der Waals surface area contributed by atoms with Crippen LogP contribution in [0.1, 0.15) is 74.2 Å². The average Bonchev–Trinajstić information content (AvgIpc) is 3.15. The van der Waals surface area contributed by atoms with E-state index >= 15 is 0 Å². The van der Waals surface area contributed by atoms with E-state index < -0.39 is 41.0 Å². The van der Waals surface area contributed by atoms with Gasteiger partial charge in [-0.05, 0) is 37.5 Å². The average molecular weight is 417 g/mol. The molecule has 1 amide bonds. The number of carbonyl (C=O) groups is 2. The third kappa shape index (κ3) is 6.72. The van der Waals surface area contributed by atoms with Crippen LogP contribution in [0.5, 0.6) is 0 Å². The van der Waals surface area contributed by atoms with Crippen LogP contribution in [0.2, 0.25) is 0 Å². The minimum absolute atomic E-state index is 0.216. The van der Waals surface area contributed by atoms with Crippen LogP contribution < -0.4 is 0 Å². The van der Waals surface area contributed by atoms with Gasteiger partial charge in [-0.3, -0.25) is 4.79 Å². The van der Waals surface area contributed by atoms with Crippen molar-refractivity contribution < 1.29 is 31.9 Å². The van der Waals surface area contributed by atoms with E-state index in [-0.39, 0.29) is 13.2 Å². The Morgan fingerprint density at radius 2 is 1.79 bits per heavy atom. The van der Waals surface area contributed by atoms with Crippen LogP contribution in [0.4, 0.5) is 17.6 Å². The van der Waals surface area contributed by atoms with Gasteiger partial charge in [-0.15, -0.1) is 0 Å². The second-order valence-electron chi connectivity index (χ2n) is 7.32. The minimum atomic E-state index is -4.77. The van der Waals surface area contributed by atoms with Gasteiger partial charge in [0.2, 0.25) is 0 Å². The molecule has 1 fully saturated rings. The van der Waals surface area contributed by atoms with E-state index in [0.29, 0.717) is 25.0 Å². The predicted molar refractivity (Wildman–Crippen MR) is 99.8 cm³/mol. The van der Waals surface area contributed by atoms with Gasteiger partial charge in [0.15, 0.2) is 0 Å². The number of hydrogen-bond acceptors (Lipinski definition) is 3. The summed E-state index contributed by atoms with van der Waals surface area (Å²) >= 11 is 0. The van der Waals surface area contributed by atoms with Gasteiger partial charge < -0.3 is 9.64 Å². The van der Waals surface area contributed by atoms with E-state index in [2.05, 4.69) is 6.92 Å². The van der Waals surface area contributed by atoms with Gasteiger partial charge >= 0.3 is 12.1 Å². The minimum Gasteiger partial charge on any atom is -0.464 e. The van der Waals surface area contributed by atoms with E-state index in [0.717, 1.165) is 38.2 Å². The monoisotopic (exact) mass is 417 g/mol. The van der Waals surface area contributed by atoms with Crippen LogP contribution in [0.3, 0.4) is 0 Å². The number of benzene rings is 1. The Bertz CT molecular complexity index is 706. The molecule has 0 radical (unpaired) electrons. The Kier molecular flexibility index (Phi) is 8.46. The number of hydrogen-bond donors (Lipinski definition) is 0. The fraction of sp³-hybridized carbons (Fsp3) is 0.619. The Balaban J connectivity index is 1.95. The van der Waals surface area contributed by atoms with E-state index in [1.54, 1.807) is 0 Å². The molecule has 0 bridgehead atoms. The molecule has 29 heavy (non-hydrogen) atoms. The summed E-state index contributed by atoms with van der Waals surface area (Å²) < 4.78 is 57.6. The molecule has 1 atom stereocenters. The molecule has 0 aromatic heterocycles. The summed E-state index contributed by atoms with van der Waals surface area (Å²) in [7, 11) is 0. The van der Waals surface area contributed by atoms with Crippen molar-refractivity contribution in [3.05, 3.63) is 35.1 Å². The molecule has 4 nitrogen and oxygen atoms in total. The quantitative estimate of drug-likeness (QED) is 0.309. The van der Waals surface area contributed by atoms with E-state index in [9.17, 15) is 27.2 Å². The second-order valence-corrected chi connectivity index (χ2v) is 7.32. The first-order valence-electron chi connectivity index (χ1n) is 10.1. The highest BCUT2D eigenvalue weighted by molar-refractivity contribution is 5.97. The van der Waals surface area contributed by atoms with Crippen LogP contribution in [-0.2, 0) is 15.7 Å². The lowest BCUT2D eigenvalue weighted by molar-refractivity contribution is -0.148. The Hall–Kier alpha value is -2.12. The lowest BCUT2D eigenvalue weighted by Gasteiger charge is -2.23. The standard InChI is InChI=1S/C21H27F4NO3/c1-2-3-4-5-6-7-11-29-20(28)18-9-8-10-26(18)19(27)15-12-16(21(23,24)25)14-17(22)13-15/h12-14,18H,2-11H2,1H3. The Morgan fingerprint density at radius 1 is 1.10 bits per heavy atom. The SMILES string of the molecule is CCCCCCCCOC(=O)C1CCCN1C(=O)c1cc(F)cc(C(F)(F)F)c1. The van der Waals surface area contributed by atoms with Crippen molar-refractivity contribution in [3.8, 4) is 0 Å². The second kappa shape index (κ2) is 10.6. The molecule has 1 aliphatic heterocycles. The summed E-state index contributed by atoms with van der Waals surface area (Å²) in [6.07, 6.45) is 2.36. The molecule has 1 unspecified atom stereocenters. The van der Waals surface area contributed by atoms with Crippen LogP contribution in [0, 0.1) is 5.82 Å². The fourth-order valence-corrected chi connectivity index (χ4v) is 3.45. The largest absolute Gasteiger partial charge is 0.464 e. The summed E-state index contributed by atoms with van der Waals surface area (Å²) in [5, 5.41) is 0. The molecular weight excluding hydrogens is 390 g/mol. The fourth-order valence-electron chi connectivity index (χ4n) is 3.45. The van der Waals surface area contributed by atoms with Crippen molar-refractivity contribution in [1.82, 2.24) is 4.90 Å². The van der Waals surface area contributed by atoms with Crippen molar-refractivity contribution in [2.45, 2.75) is 70.5 Å². The molecule has 0 spiro atoms. The number of amides is 1. The number of rotatable bonds is 9. The summed E-state index contributed by atoms with van der Waals surface area (Å²) in [6, 6.07) is 0.865. The van der Waals surface area contributed by atoms with Gasteiger partial charge in [0.1, 0.15) is 11.9 Å². The first kappa shape index (κ1) is 23.2. The molecule has 0 saturated carbocycles. The molecule has 0 N–H and O–H groups in total. The van der Waals surface area contributed by atoms with E-state index in [1.165, 1.54) is 11.3 Å². The van der Waals surface area contributed by atoms with Crippen molar-refractivity contribution in [1.29, 1.82) is 0 Å². The highest BCUT2D eigenvalue weighted by Crippen LogP contribution is 2.31. The van der Waals surface area contributed by atoms with E-state index in [4.69, 9.17) is 4.74 Å². The highest BCUT2D eigenvalue weighted by atomic mass is 19.4. The lowest BCUT2D eigenvalue weighted by atomic mass is 10.1. The number of carbonyl (C=O) groups excluding carboxylic acids is 2. The highest BCUT2D eigenvalue weighted by Gasteiger charge is 2.37. The predicted octanol–water partition coefficient (Wildman–Crippen LogP) is 5.35. The molecule has 1 saturated heterocycles. The molecule has 1 aromatic carbocycles. The third-order valence-corrected chi connectivity index (χ3v) is 5.00. The van der Waals surface area contributed by atoms with Crippen molar-refractivity contribution in [2.24, 2.45) is 0 Å². The third-order valence-electron chi connectivity index (χ3n) is 5.00. The van der Waals surface area contributed by atoms with E-state index in [1.807, 2.05) is 0 Å². The summed E-state index contributed by atoms with van der Waals surface area (Å²) in [5.41, 5.74) is -1.66. The summed E-state index contributed by atoms with van der Waals surface area (Å²) in [6.45, 7) is 2.60. The first-order chi connectivity index (χ1) is 13.7. The maximum Gasteiger partial charge on any atom is 0.416 e. The van der Waals surface area contributed by atoms with Gasteiger partial charge in [0.25, 0.3) is 5.91 Å². The Morgan fingerprint density at radius 3 is 2.48 bits per heavy atom. The van der Waals surface area contributed by atoms with Crippen LogP contribution >= 0.6 is 0 Å². The van der Waals surface area contributed by atoms with Crippen LogP contribution in [-0.4, -0.2) is 36.0 Å². The number of esters is 1. The zero-order valence-electron chi connectivity index (χ0n) is 16.6. The lowest BCUT2D eigenvalue weighted by Crippen LogP contribution is -2.41. The number of likely N-dealkylation sites (tertiary alicyclic amines) is 1. The van der Waals surface area contributed by atoms with Crippen molar-refractivity contribution >= 4 is 11.9 Å². The molecule has 0 aliphatic carbocycles. The van der Waals surface area contributed by atoms with Gasteiger partial charge in [-0.2, -0.15) is 13.2 Å². The van der Waals surface area contributed by atoms with Crippen molar-refractivity contribution in [3.63, 3.8) is 0 Å². The molecule has 1 aliphatic rings. The summed E-state index contributed by atoms with van der Waals surface area (Å²) in [4.78, 5) is 26.2. The van der Waals surface area contributed by atoms with Gasteiger partial charge in [-0.1, -0.05) is 39.0 Å². The molecule has 1 aromatic rings. The number of unbranched alkanes of at least 4 members (excludes halogenated alkanes) is 5. The van der Waals surface area contributed by atoms with Gasteiger partial charge in [0.05, 0.1) is 12.2 Å². The normalized spacial score (nSPS) is 16.9. The maximum absolute atomic E-state index is 13.6. The first-order valence-corrected chi connectivity index (χ1v) is 10.1. The van der Waals surface area contributed by atoms with Crippen molar-refractivity contribution in [2.75, 3.05) is 13.2 Å². The number of nitrogens with zero attached hydrogens (tertiary/aromatic N) is 1. The molecular formula is C21H27F4NO3. The number of halogens is 4. The van der Waals surface area contributed by atoms with Gasteiger partial charge in [0, 0.05) is 12.1 Å². The van der Waals surface area contributed by atoms with Crippen LogP contribution in [0.15, 0.2) is 18.2 Å². The number of alkyl halides is 3. The topological polar surface area (TPSA) is 46.6 Å². The Labute approximate surface area is 168 Å². The molecule has 1 heterocycles. The summed E-state index contributed by atoms with van der Waals surface area (Å²) in [5.74, 6) is -2.50. The maximum atomic E-state index is 13.6. The zero-order chi connectivity index (χ0) is 21.4. The molecule has 162 valence electrons. The van der Waals surface area contributed by atoms with Crippen LogP contribution in [0.25, 0.3) is 0 Å². The smallest absolute Gasteiger partial charge is 0.416 e. The molecule has 2 rings (SSSR count). The number of ether oxygens (including phenoxy) is 1. The zero-order valence-corrected chi connectivity index (χ0v) is 16.6. The molecule has 8 heteroatoms.